The summed E-state index contributed by atoms with van der Waals surface area (Å²) in [6.45, 7) is 1.73. The van der Waals surface area contributed by atoms with E-state index in [-0.39, 0.29) is 18.1 Å². The predicted molar refractivity (Wildman–Crippen MR) is 115 cm³/mol. The second-order valence-electron chi connectivity index (χ2n) is 6.01. The predicted octanol–water partition coefficient (Wildman–Crippen LogP) is 3.94. The zero-order chi connectivity index (χ0) is 20.8. The van der Waals surface area contributed by atoms with Gasteiger partial charge in [0.15, 0.2) is 18.2 Å². The number of rotatable bonds is 7. The van der Waals surface area contributed by atoms with Crippen LogP contribution < -0.4 is 26.6 Å². The van der Waals surface area contributed by atoms with Crippen LogP contribution in [0.4, 0.5) is 23.0 Å². The second-order valence-corrected chi connectivity index (χ2v) is 6.86. The number of hydrogen-bond donors (Lipinski definition) is 4. The highest BCUT2D eigenvalue weighted by Gasteiger charge is 2.11. The summed E-state index contributed by atoms with van der Waals surface area (Å²) in [6, 6.07) is 12.5. The molecule has 0 fully saturated rings. The lowest BCUT2D eigenvalue weighted by Crippen LogP contribution is -2.34. The molecule has 0 atom stereocenters. The van der Waals surface area contributed by atoms with Crippen molar-refractivity contribution in [2.45, 2.75) is 6.92 Å². The molecule has 0 aliphatic rings. The molecular formula is C19H18Cl2N6O2. The first kappa shape index (κ1) is 20.5. The van der Waals surface area contributed by atoms with E-state index in [9.17, 15) is 4.79 Å². The lowest BCUT2D eigenvalue weighted by Gasteiger charge is -2.13. The maximum absolute atomic E-state index is 12.0. The van der Waals surface area contributed by atoms with Crippen molar-refractivity contribution in [2.24, 2.45) is 0 Å². The third kappa shape index (κ3) is 5.63. The minimum Gasteiger partial charge on any atom is -0.482 e. The van der Waals surface area contributed by atoms with Crippen LogP contribution in [0, 0.1) is 6.92 Å². The van der Waals surface area contributed by atoms with Crippen molar-refractivity contribution >= 4 is 52.1 Å². The molecule has 0 unspecified atom stereocenters. The summed E-state index contributed by atoms with van der Waals surface area (Å²) in [4.78, 5) is 20.2. The average Bonchev–Trinajstić information content (AvgIpc) is 2.69. The van der Waals surface area contributed by atoms with Gasteiger partial charge in [0.2, 0.25) is 0 Å². The number of carbonyl (C=O) groups excluding carboxylic acids is 1. The summed E-state index contributed by atoms with van der Waals surface area (Å²) >= 11 is 11.8. The summed E-state index contributed by atoms with van der Waals surface area (Å²) in [5.74, 6) is 0.539. The van der Waals surface area contributed by atoms with Crippen molar-refractivity contribution < 1.29 is 9.53 Å². The van der Waals surface area contributed by atoms with E-state index in [1.165, 1.54) is 12.4 Å². The number of nitrogens with one attached hydrogen (secondary N) is 3. The molecule has 150 valence electrons. The van der Waals surface area contributed by atoms with Gasteiger partial charge in [-0.1, -0.05) is 40.9 Å². The molecule has 2 aromatic carbocycles. The average molecular weight is 433 g/mol. The fourth-order valence-corrected chi connectivity index (χ4v) is 2.73. The molecule has 10 heteroatoms. The van der Waals surface area contributed by atoms with Crippen LogP contribution in [0.2, 0.25) is 10.0 Å². The van der Waals surface area contributed by atoms with Crippen molar-refractivity contribution in [3.8, 4) is 5.75 Å². The lowest BCUT2D eigenvalue weighted by atomic mass is 10.2. The first-order chi connectivity index (χ1) is 13.9. The maximum Gasteiger partial charge on any atom is 0.276 e. The maximum atomic E-state index is 12.0. The van der Waals surface area contributed by atoms with Gasteiger partial charge in [0.25, 0.3) is 5.91 Å². The van der Waals surface area contributed by atoms with Crippen LogP contribution in [0.1, 0.15) is 5.56 Å². The highest BCUT2D eigenvalue weighted by Crippen LogP contribution is 2.27. The van der Waals surface area contributed by atoms with Gasteiger partial charge in [0, 0.05) is 10.7 Å². The van der Waals surface area contributed by atoms with E-state index in [2.05, 4.69) is 26.1 Å². The molecule has 8 nitrogen and oxygen atoms in total. The normalized spacial score (nSPS) is 10.3. The Balaban J connectivity index is 1.57. The SMILES string of the molecule is Cc1ccc(Nc2ncnc(NNC(=O)COc3ccc(Cl)cc3Cl)c2N)cc1. The quantitative estimate of drug-likeness (QED) is 0.418. The molecule has 0 radical (unpaired) electrons. The molecule has 0 bridgehead atoms. The zero-order valence-corrected chi connectivity index (χ0v) is 16.9. The van der Waals surface area contributed by atoms with Gasteiger partial charge in [-0.25, -0.2) is 9.97 Å². The number of hydrazine groups is 1. The van der Waals surface area contributed by atoms with Crippen LogP contribution in [-0.2, 0) is 4.79 Å². The van der Waals surface area contributed by atoms with Crippen molar-refractivity contribution in [3.05, 3.63) is 64.4 Å². The third-order valence-corrected chi connectivity index (χ3v) is 4.30. The molecule has 29 heavy (non-hydrogen) atoms. The number of amides is 1. The third-order valence-electron chi connectivity index (χ3n) is 3.77. The number of anilines is 4. The van der Waals surface area contributed by atoms with Gasteiger partial charge in [-0.05, 0) is 37.3 Å². The first-order valence-electron chi connectivity index (χ1n) is 8.49. The summed E-state index contributed by atoms with van der Waals surface area (Å²) in [6.07, 6.45) is 1.32. The number of aryl methyl sites for hydroxylation is 1. The molecule has 1 aromatic heterocycles. The molecule has 0 spiro atoms. The van der Waals surface area contributed by atoms with Crippen LogP contribution in [0.15, 0.2) is 48.8 Å². The monoisotopic (exact) mass is 432 g/mol. The summed E-state index contributed by atoms with van der Waals surface area (Å²) in [5.41, 5.74) is 13.4. The fourth-order valence-electron chi connectivity index (χ4n) is 2.27. The van der Waals surface area contributed by atoms with E-state index >= 15 is 0 Å². The topological polar surface area (TPSA) is 114 Å². The van der Waals surface area contributed by atoms with Crippen LogP contribution in [0.3, 0.4) is 0 Å². The second kappa shape index (κ2) is 9.31. The standard InChI is InChI=1S/C19H18Cl2N6O2/c1-11-2-5-13(6-3-11)25-18-17(22)19(24-10-23-18)27-26-16(28)9-29-15-7-4-12(20)8-14(15)21/h2-8,10H,9,22H2,1H3,(H,26,28)(H2,23,24,25,27). The molecule has 0 aliphatic heterocycles. The Bertz CT molecular complexity index is 1010. The Morgan fingerprint density at radius 3 is 2.55 bits per heavy atom. The lowest BCUT2D eigenvalue weighted by molar-refractivity contribution is -0.122. The van der Waals surface area contributed by atoms with Crippen molar-refractivity contribution in [1.82, 2.24) is 15.4 Å². The van der Waals surface area contributed by atoms with Crippen LogP contribution in [0.5, 0.6) is 5.75 Å². The zero-order valence-electron chi connectivity index (χ0n) is 15.4. The van der Waals surface area contributed by atoms with Crippen molar-refractivity contribution in [1.29, 1.82) is 0 Å². The molecular weight excluding hydrogens is 415 g/mol. The molecule has 0 aliphatic carbocycles. The van der Waals surface area contributed by atoms with E-state index in [0.717, 1.165) is 11.3 Å². The number of halogens is 2. The number of ether oxygens (including phenoxy) is 1. The molecule has 0 saturated carbocycles. The van der Waals surface area contributed by atoms with E-state index in [1.54, 1.807) is 12.1 Å². The van der Waals surface area contributed by atoms with E-state index in [1.807, 2.05) is 31.2 Å². The van der Waals surface area contributed by atoms with Gasteiger partial charge < -0.3 is 15.8 Å². The summed E-state index contributed by atoms with van der Waals surface area (Å²) in [7, 11) is 0. The number of benzene rings is 2. The Hall–Kier alpha value is -3.23. The van der Waals surface area contributed by atoms with Gasteiger partial charge >= 0.3 is 0 Å². The van der Waals surface area contributed by atoms with Gasteiger partial charge in [0.1, 0.15) is 17.8 Å². The Morgan fingerprint density at radius 1 is 1.10 bits per heavy atom. The first-order valence-corrected chi connectivity index (χ1v) is 9.25. The molecule has 1 heterocycles. The van der Waals surface area contributed by atoms with Gasteiger partial charge in [0.05, 0.1) is 5.02 Å². The van der Waals surface area contributed by atoms with E-state index < -0.39 is 5.91 Å². The van der Waals surface area contributed by atoms with Crippen LogP contribution in [-0.4, -0.2) is 22.5 Å². The number of nitrogen functional groups attached to an aromatic ring is 1. The number of hydrogen-bond acceptors (Lipinski definition) is 7. The number of nitrogens with zero attached hydrogens (tertiary/aromatic N) is 2. The molecule has 3 aromatic rings. The summed E-state index contributed by atoms with van der Waals surface area (Å²) in [5, 5.41) is 3.89. The van der Waals surface area contributed by atoms with E-state index in [0.29, 0.717) is 21.6 Å². The van der Waals surface area contributed by atoms with Gasteiger partial charge in [-0.15, -0.1) is 0 Å². The van der Waals surface area contributed by atoms with Crippen molar-refractivity contribution in [2.75, 3.05) is 23.1 Å². The Morgan fingerprint density at radius 2 is 1.83 bits per heavy atom. The molecule has 5 N–H and O–H groups in total. The Kier molecular flexibility index (Phi) is 6.58. The molecule has 1 amide bonds. The van der Waals surface area contributed by atoms with Crippen LogP contribution >= 0.6 is 23.2 Å². The largest absolute Gasteiger partial charge is 0.482 e. The van der Waals surface area contributed by atoms with Gasteiger partial charge in [-0.2, -0.15) is 0 Å². The van der Waals surface area contributed by atoms with Crippen LogP contribution in [0.25, 0.3) is 0 Å². The van der Waals surface area contributed by atoms with Gasteiger partial charge in [-0.3, -0.25) is 15.6 Å². The fraction of sp³-hybridized carbons (Fsp3) is 0.105. The number of aromatic nitrogens is 2. The number of nitrogens with two attached hydrogens (primary N) is 1. The Labute approximate surface area is 177 Å². The summed E-state index contributed by atoms with van der Waals surface area (Å²) < 4.78 is 5.37. The molecule has 3 rings (SSSR count). The smallest absolute Gasteiger partial charge is 0.276 e. The van der Waals surface area contributed by atoms with E-state index in [4.69, 9.17) is 33.7 Å². The molecule has 0 saturated heterocycles. The minimum absolute atomic E-state index is 0.243. The van der Waals surface area contributed by atoms with Crippen molar-refractivity contribution in [3.63, 3.8) is 0 Å². The highest BCUT2D eigenvalue weighted by molar-refractivity contribution is 6.35. The highest BCUT2D eigenvalue weighted by atomic mass is 35.5. The minimum atomic E-state index is -0.456. The number of carbonyl (C=O) groups is 1.